The van der Waals surface area contributed by atoms with E-state index in [4.69, 9.17) is 0 Å². The zero-order valence-electron chi connectivity index (χ0n) is 11.6. The van der Waals surface area contributed by atoms with Crippen molar-refractivity contribution in [3.05, 3.63) is 35.4 Å². The molecule has 17 heavy (non-hydrogen) atoms. The smallest absolute Gasteiger partial charge is 0.00967 e. The van der Waals surface area contributed by atoms with E-state index in [1.165, 1.54) is 30.4 Å². The first kappa shape index (κ1) is 12.6. The maximum absolute atomic E-state index is 3.66. The normalized spacial score (nSPS) is 18.1. The molecule has 0 saturated heterocycles. The van der Waals surface area contributed by atoms with Crippen molar-refractivity contribution in [1.82, 2.24) is 5.32 Å². The first-order valence-corrected chi connectivity index (χ1v) is 6.69. The van der Waals surface area contributed by atoms with E-state index in [1.54, 1.807) is 0 Å². The van der Waals surface area contributed by atoms with Crippen molar-refractivity contribution in [3.8, 4) is 0 Å². The fraction of sp³-hybridized carbons (Fsp3) is 0.625. The summed E-state index contributed by atoms with van der Waals surface area (Å²) in [6.07, 6.45) is 3.99. The number of rotatable bonds is 4. The first-order chi connectivity index (χ1) is 7.89. The van der Waals surface area contributed by atoms with Crippen molar-refractivity contribution < 1.29 is 0 Å². The lowest BCUT2D eigenvalue weighted by Crippen LogP contribution is -2.40. The van der Waals surface area contributed by atoms with Crippen LogP contribution in [0.1, 0.15) is 44.7 Å². The summed E-state index contributed by atoms with van der Waals surface area (Å²) in [5.41, 5.74) is 3.63. The highest BCUT2D eigenvalue weighted by Gasteiger charge is 2.42. The molecule has 94 valence electrons. The minimum absolute atomic E-state index is 0.239. The zero-order valence-corrected chi connectivity index (χ0v) is 11.6. The first-order valence-electron chi connectivity index (χ1n) is 6.69. The van der Waals surface area contributed by atoms with Gasteiger partial charge in [-0.2, -0.15) is 0 Å². The summed E-state index contributed by atoms with van der Waals surface area (Å²) < 4.78 is 0. The maximum Gasteiger partial charge on any atom is 0.00967 e. The summed E-state index contributed by atoms with van der Waals surface area (Å²) in [5.74, 6) is 0. The van der Waals surface area contributed by atoms with Crippen molar-refractivity contribution in [2.75, 3.05) is 6.54 Å². The van der Waals surface area contributed by atoms with Crippen molar-refractivity contribution >= 4 is 0 Å². The molecule has 0 aliphatic heterocycles. The molecular formula is C16H25N. The van der Waals surface area contributed by atoms with Gasteiger partial charge < -0.3 is 5.32 Å². The monoisotopic (exact) mass is 231 g/mol. The Balaban J connectivity index is 1.92. The summed E-state index contributed by atoms with van der Waals surface area (Å²) in [4.78, 5) is 0. The highest BCUT2D eigenvalue weighted by Crippen LogP contribution is 2.48. The van der Waals surface area contributed by atoms with E-state index in [0.29, 0.717) is 5.41 Å². The van der Waals surface area contributed by atoms with Gasteiger partial charge in [0.1, 0.15) is 0 Å². The van der Waals surface area contributed by atoms with E-state index in [-0.39, 0.29) is 5.54 Å². The minimum atomic E-state index is 0.239. The van der Waals surface area contributed by atoms with Gasteiger partial charge in [0.25, 0.3) is 0 Å². The molecule has 0 unspecified atom stereocenters. The molecule has 0 spiro atoms. The molecule has 2 rings (SSSR count). The SMILES string of the molecule is Cc1ccc(CC2(CNC(C)(C)C)CC2)cc1. The summed E-state index contributed by atoms with van der Waals surface area (Å²) in [7, 11) is 0. The molecule has 1 nitrogen and oxygen atoms in total. The van der Waals surface area contributed by atoms with Crippen LogP contribution in [-0.2, 0) is 6.42 Å². The molecule has 0 heterocycles. The zero-order chi connectivity index (χ0) is 12.5. The van der Waals surface area contributed by atoms with Gasteiger partial charge in [-0.05, 0) is 57.9 Å². The van der Waals surface area contributed by atoms with Crippen molar-refractivity contribution in [2.24, 2.45) is 5.41 Å². The third kappa shape index (κ3) is 3.85. The second-order valence-electron chi connectivity index (χ2n) is 6.77. The topological polar surface area (TPSA) is 12.0 Å². The molecule has 0 amide bonds. The second kappa shape index (κ2) is 4.45. The third-order valence-corrected chi connectivity index (χ3v) is 3.65. The van der Waals surface area contributed by atoms with Crippen LogP contribution in [0.25, 0.3) is 0 Å². The third-order valence-electron chi connectivity index (χ3n) is 3.65. The van der Waals surface area contributed by atoms with Crippen molar-refractivity contribution in [2.45, 2.75) is 52.5 Å². The molecule has 1 N–H and O–H groups in total. The van der Waals surface area contributed by atoms with Crippen LogP contribution in [0.4, 0.5) is 0 Å². The molecule has 0 aromatic heterocycles. The highest BCUT2D eigenvalue weighted by molar-refractivity contribution is 5.23. The fourth-order valence-electron chi connectivity index (χ4n) is 2.18. The van der Waals surface area contributed by atoms with E-state index in [0.717, 1.165) is 6.54 Å². The summed E-state index contributed by atoms with van der Waals surface area (Å²) in [6.45, 7) is 10.0. The lowest BCUT2D eigenvalue weighted by atomic mass is 9.94. The van der Waals surface area contributed by atoms with Crippen molar-refractivity contribution in [1.29, 1.82) is 0 Å². The lowest BCUT2D eigenvalue weighted by Gasteiger charge is -2.25. The van der Waals surface area contributed by atoms with Crippen LogP contribution in [0, 0.1) is 12.3 Å². The van der Waals surface area contributed by atoms with E-state index >= 15 is 0 Å². The van der Waals surface area contributed by atoms with Gasteiger partial charge in [0, 0.05) is 12.1 Å². The van der Waals surface area contributed by atoms with Gasteiger partial charge in [-0.3, -0.25) is 0 Å². The van der Waals surface area contributed by atoms with E-state index in [1.807, 2.05) is 0 Å². The van der Waals surface area contributed by atoms with Gasteiger partial charge in [0.15, 0.2) is 0 Å². The van der Waals surface area contributed by atoms with Gasteiger partial charge in [0.05, 0.1) is 0 Å². The maximum atomic E-state index is 3.66. The van der Waals surface area contributed by atoms with Crippen LogP contribution in [0.3, 0.4) is 0 Å². The lowest BCUT2D eigenvalue weighted by molar-refractivity contribution is 0.356. The molecule has 1 aliphatic rings. The van der Waals surface area contributed by atoms with Gasteiger partial charge in [0.2, 0.25) is 0 Å². The fourth-order valence-corrected chi connectivity index (χ4v) is 2.18. The van der Waals surface area contributed by atoms with Gasteiger partial charge >= 0.3 is 0 Å². The quantitative estimate of drug-likeness (QED) is 0.833. The number of hydrogen-bond donors (Lipinski definition) is 1. The number of hydrogen-bond acceptors (Lipinski definition) is 1. The van der Waals surface area contributed by atoms with E-state index in [2.05, 4.69) is 57.3 Å². The number of nitrogens with one attached hydrogen (secondary N) is 1. The van der Waals surface area contributed by atoms with Gasteiger partial charge in [-0.1, -0.05) is 29.8 Å². The van der Waals surface area contributed by atoms with E-state index < -0.39 is 0 Å². The molecule has 1 saturated carbocycles. The Bertz CT molecular complexity index is 366. The second-order valence-corrected chi connectivity index (χ2v) is 6.77. The average Bonchev–Trinajstić information content (AvgIpc) is 2.99. The molecule has 0 atom stereocenters. The van der Waals surface area contributed by atoms with Crippen LogP contribution in [-0.4, -0.2) is 12.1 Å². The van der Waals surface area contributed by atoms with Crippen molar-refractivity contribution in [3.63, 3.8) is 0 Å². The summed E-state index contributed by atoms with van der Waals surface area (Å²) >= 11 is 0. The van der Waals surface area contributed by atoms with Gasteiger partial charge in [-0.25, -0.2) is 0 Å². The standard InChI is InChI=1S/C16H25N/c1-13-5-7-14(8-6-13)11-16(9-10-16)12-17-15(2,3)4/h5-8,17H,9-12H2,1-4H3. The highest BCUT2D eigenvalue weighted by atomic mass is 15.0. The number of benzene rings is 1. The Morgan fingerprint density at radius 1 is 1.12 bits per heavy atom. The van der Waals surface area contributed by atoms with Crippen LogP contribution >= 0.6 is 0 Å². The predicted molar refractivity (Wildman–Crippen MR) is 74.3 cm³/mol. The Morgan fingerprint density at radius 3 is 2.18 bits per heavy atom. The molecule has 1 heteroatoms. The molecule has 0 radical (unpaired) electrons. The molecule has 0 bridgehead atoms. The predicted octanol–water partition coefficient (Wildman–Crippen LogP) is 3.71. The van der Waals surface area contributed by atoms with Crippen LogP contribution < -0.4 is 5.32 Å². The molecule has 1 aliphatic carbocycles. The molecule has 1 aromatic carbocycles. The summed E-state index contributed by atoms with van der Waals surface area (Å²) in [6, 6.07) is 9.02. The molecular weight excluding hydrogens is 206 g/mol. The molecule has 1 fully saturated rings. The van der Waals surface area contributed by atoms with Crippen LogP contribution in [0.15, 0.2) is 24.3 Å². The Morgan fingerprint density at radius 2 is 1.71 bits per heavy atom. The van der Waals surface area contributed by atoms with Crippen LogP contribution in [0.5, 0.6) is 0 Å². The average molecular weight is 231 g/mol. The van der Waals surface area contributed by atoms with E-state index in [9.17, 15) is 0 Å². The largest absolute Gasteiger partial charge is 0.312 e. The summed E-state index contributed by atoms with van der Waals surface area (Å²) in [5, 5.41) is 3.66. The Labute approximate surface area is 106 Å². The molecule has 1 aromatic rings. The van der Waals surface area contributed by atoms with Gasteiger partial charge in [-0.15, -0.1) is 0 Å². The Hall–Kier alpha value is -0.820. The number of aryl methyl sites for hydroxylation is 1. The van der Waals surface area contributed by atoms with Crippen LogP contribution in [0.2, 0.25) is 0 Å². The minimum Gasteiger partial charge on any atom is -0.312 e. The Kier molecular flexibility index (Phi) is 3.31.